The van der Waals surface area contributed by atoms with Crippen molar-refractivity contribution in [3.63, 3.8) is 0 Å². The van der Waals surface area contributed by atoms with E-state index in [1.165, 1.54) is 6.42 Å². The van der Waals surface area contributed by atoms with Gasteiger partial charge in [0.15, 0.2) is 8.32 Å². The molecule has 2 atom stereocenters. The fourth-order valence-electron chi connectivity index (χ4n) is 1.21. The quantitative estimate of drug-likeness (QED) is 0.429. The van der Waals surface area contributed by atoms with Crippen LogP contribution >= 0.6 is 22.6 Å². The van der Waals surface area contributed by atoms with E-state index in [0.29, 0.717) is 16.9 Å². The number of hydrogen-bond acceptors (Lipinski definition) is 1. The van der Waals surface area contributed by atoms with E-state index in [1.807, 2.05) is 0 Å². The zero-order chi connectivity index (χ0) is 11.7. The molecule has 3 heteroatoms. The molecule has 0 radical (unpaired) electrons. The Hall–Kier alpha value is 0.467. The van der Waals surface area contributed by atoms with Crippen LogP contribution in [-0.2, 0) is 4.43 Å². The molecule has 0 bridgehead atoms. The summed E-state index contributed by atoms with van der Waals surface area (Å²) in [6.07, 6.45) is 1.24. The summed E-state index contributed by atoms with van der Waals surface area (Å²) in [5, 5.41) is 0.326. The van der Waals surface area contributed by atoms with Crippen molar-refractivity contribution in [3.05, 3.63) is 0 Å². The number of hydrogen-bond donors (Lipinski definition) is 0. The van der Waals surface area contributed by atoms with Crippen LogP contribution in [0.15, 0.2) is 0 Å². The first-order chi connectivity index (χ1) is 6.78. The molecule has 0 heterocycles. The van der Waals surface area contributed by atoms with E-state index in [0.717, 1.165) is 6.61 Å². The molecule has 15 heavy (non-hydrogen) atoms. The summed E-state index contributed by atoms with van der Waals surface area (Å²) in [5.41, 5.74) is 0. The van der Waals surface area contributed by atoms with Crippen molar-refractivity contribution in [1.29, 1.82) is 0 Å². The molecule has 1 unspecified atom stereocenters. The average molecular weight is 336 g/mol. The molecule has 86 valence electrons. The van der Waals surface area contributed by atoms with Crippen LogP contribution in [0.3, 0.4) is 0 Å². The van der Waals surface area contributed by atoms with Gasteiger partial charge < -0.3 is 4.43 Å². The SMILES string of the molecule is CC(C)(C)[Si](C)(C)OCC1C[C@H]1C#CI. The van der Waals surface area contributed by atoms with Gasteiger partial charge in [0.05, 0.1) is 0 Å². The Labute approximate surface area is 109 Å². The average Bonchev–Trinajstić information content (AvgIpc) is 2.79. The van der Waals surface area contributed by atoms with Crippen LogP contribution in [0.25, 0.3) is 0 Å². The number of halogens is 1. The van der Waals surface area contributed by atoms with Gasteiger partial charge in [0.25, 0.3) is 0 Å². The Kier molecular flexibility index (Phi) is 4.30. The van der Waals surface area contributed by atoms with E-state index in [2.05, 4.69) is 66.3 Å². The zero-order valence-electron chi connectivity index (χ0n) is 10.4. The van der Waals surface area contributed by atoms with Gasteiger partial charge in [-0.1, -0.05) is 26.7 Å². The third-order valence-electron chi connectivity index (χ3n) is 3.63. The Morgan fingerprint density at radius 3 is 2.47 bits per heavy atom. The van der Waals surface area contributed by atoms with Crippen molar-refractivity contribution in [2.75, 3.05) is 6.61 Å². The molecule has 0 amide bonds. The van der Waals surface area contributed by atoms with E-state index < -0.39 is 8.32 Å². The van der Waals surface area contributed by atoms with Crippen LogP contribution < -0.4 is 0 Å². The molecule has 0 N–H and O–H groups in total. The molecular formula is C12H21IOSi. The lowest BCUT2D eigenvalue weighted by molar-refractivity contribution is 0.269. The van der Waals surface area contributed by atoms with Crippen LogP contribution in [0.1, 0.15) is 27.2 Å². The van der Waals surface area contributed by atoms with Crippen molar-refractivity contribution in [3.8, 4) is 9.85 Å². The van der Waals surface area contributed by atoms with Crippen LogP contribution in [0.4, 0.5) is 0 Å². The zero-order valence-corrected chi connectivity index (χ0v) is 13.5. The first kappa shape index (κ1) is 13.5. The third kappa shape index (κ3) is 3.76. The highest BCUT2D eigenvalue weighted by atomic mass is 127. The highest BCUT2D eigenvalue weighted by molar-refractivity contribution is 14.1. The Balaban J connectivity index is 2.35. The summed E-state index contributed by atoms with van der Waals surface area (Å²) < 4.78 is 9.13. The highest BCUT2D eigenvalue weighted by Gasteiger charge is 2.41. The van der Waals surface area contributed by atoms with Gasteiger partial charge in [-0.15, -0.1) is 0 Å². The minimum absolute atomic E-state index is 0.326. The second-order valence-corrected chi connectivity index (χ2v) is 11.3. The fraction of sp³-hybridized carbons (Fsp3) is 0.833. The lowest BCUT2D eigenvalue weighted by Gasteiger charge is -2.36. The van der Waals surface area contributed by atoms with Gasteiger partial charge in [-0.05, 0) is 34.4 Å². The van der Waals surface area contributed by atoms with Crippen molar-refractivity contribution >= 4 is 30.9 Å². The summed E-state index contributed by atoms with van der Waals surface area (Å²) >= 11 is 2.12. The summed E-state index contributed by atoms with van der Waals surface area (Å²) in [5.74, 6) is 4.54. The largest absolute Gasteiger partial charge is 0.417 e. The predicted molar refractivity (Wildman–Crippen MR) is 76.5 cm³/mol. The lowest BCUT2D eigenvalue weighted by Crippen LogP contribution is -2.41. The van der Waals surface area contributed by atoms with Crippen LogP contribution in [0.2, 0.25) is 18.1 Å². The van der Waals surface area contributed by atoms with E-state index in [-0.39, 0.29) is 0 Å². The van der Waals surface area contributed by atoms with Gasteiger partial charge in [-0.25, -0.2) is 0 Å². The molecule has 0 aromatic heterocycles. The molecule has 1 fully saturated rings. The third-order valence-corrected chi connectivity index (χ3v) is 8.44. The predicted octanol–water partition coefficient (Wildman–Crippen LogP) is 4.04. The summed E-state index contributed by atoms with van der Waals surface area (Å²) in [6.45, 7) is 12.4. The van der Waals surface area contributed by atoms with Crippen LogP contribution in [0.5, 0.6) is 0 Å². The van der Waals surface area contributed by atoms with Crippen LogP contribution in [-0.4, -0.2) is 14.9 Å². The molecule has 0 aliphatic heterocycles. The van der Waals surface area contributed by atoms with Gasteiger partial charge in [-0.3, -0.25) is 0 Å². The van der Waals surface area contributed by atoms with Gasteiger partial charge >= 0.3 is 0 Å². The smallest absolute Gasteiger partial charge is 0.191 e. The Morgan fingerprint density at radius 2 is 2.00 bits per heavy atom. The lowest BCUT2D eigenvalue weighted by atomic mass is 10.2. The van der Waals surface area contributed by atoms with E-state index >= 15 is 0 Å². The minimum atomic E-state index is -1.53. The van der Waals surface area contributed by atoms with Crippen molar-refractivity contribution in [1.82, 2.24) is 0 Å². The van der Waals surface area contributed by atoms with Gasteiger partial charge in [0, 0.05) is 35.1 Å². The maximum Gasteiger partial charge on any atom is 0.191 e. The maximum absolute atomic E-state index is 6.16. The van der Waals surface area contributed by atoms with Crippen LogP contribution in [0, 0.1) is 21.7 Å². The molecule has 1 rings (SSSR count). The van der Waals surface area contributed by atoms with Gasteiger partial charge in [-0.2, -0.15) is 0 Å². The van der Waals surface area contributed by atoms with Gasteiger partial charge in [0.2, 0.25) is 0 Å². The molecule has 0 spiro atoms. The molecular weight excluding hydrogens is 315 g/mol. The Bertz CT molecular complexity index is 282. The first-order valence-corrected chi connectivity index (χ1v) is 9.52. The molecule has 0 aromatic carbocycles. The van der Waals surface area contributed by atoms with Crippen molar-refractivity contribution in [2.45, 2.75) is 45.3 Å². The molecule has 0 aromatic rings. The van der Waals surface area contributed by atoms with E-state index in [1.54, 1.807) is 0 Å². The molecule has 1 nitrogen and oxygen atoms in total. The second kappa shape index (κ2) is 4.76. The highest BCUT2D eigenvalue weighted by Crippen LogP contribution is 2.42. The maximum atomic E-state index is 6.16. The van der Waals surface area contributed by atoms with E-state index in [4.69, 9.17) is 4.43 Å². The van der Waals surface area contributed by atoms with Gasteiger partial charge in [0.1, 0.15) is 0 Å². The fourth-order valence-corrected chi connectivity index (χ4v) is 2.67. The standard InChI is InChI=1S/C12H21IOSi/c1-12(2,3)15(4,5)14-9-11-8-10(11)6-7-13/h10-11H,8-9H2,1-5H3/t10-,11?/m1/s1. The summed E-state index contributed by atoms with van der Waals surface area (Å²) in [4.78, 5) is 0. The molecule has 1 aliphatic carbocycles. The number of rotatable bonds is 3. The van der Waals surface area contributed by atoms with E-state index in [9.17, 15) is 0 Å². The normalized spacial score (nSPS) is 25.7. The van der Waals surface area contributed by atoms with Crippen molar-refractivity contribution < 1.29 is 4.43 Å². The topological polar surface area (TPSA) is 9.23 Å². The monoisotopic (exact) mass is 336 g/mol. The summed E-state index contributed by atoms with van der Waals surface area (Å²) in [6, 6.07) is 0. The minimum Gasteiger partial charge on any atom is -0.417 e. The summed E-state index contributed by atoms with van der Waals surface area (Å²) in [7, 11) is -1.53. The molecule has 1 saturated carbocycles. The molecule has 0 saturated heterocycles. The molecule has 1 aliphatic rings. The van der Waals surface area contributed by atoms with Crippen molar-refractivity contribution in [2.24, 2.45) is 11.8 Å². The first-order valence-electron chi connectivity index (χ1n) is 5.53. The Morgan fingerprint density at radius 1 is 1.40 bits per heavy atom. The second-order valence-electron chi connectivity index (χ2n) is 5.91.